The van der Waals surface area contributed by atoms with Gasteiger partial charge in [-0.15, -0.1) is 0 Å². The molecule has 0 aromatic rings. The van der Waals surface area contributed by atoms with Crippen molar-refractivity contribution in [2.75, 3.05) is 0 Å². The molecule has 4 aliphatic carbocycles. The average Bonchev–Trinajstić information content (AvgIpc) is 2.27. The van der Waals surface area contributed by atoms with Gasteiger partial charge >= 0.3 is 5.97 Å². The van der Waals surface area contributed by atoms with E-state index >= 15 is 0 Å². The van der Waals surface area contributed by atoms with Crippen molar-refractivity contribution in [3.63, 3.8) is 0 Å². The number of rotatable bonds is 1. The van der Waals surface area contributed by atoms with E-state index in [9.17, 15) is 15.0 Å². The van der Waals surface area contributed by atoms with Gasteiger partial charge < -0.3 is 10.2 Å². The van der Waals surface area contributed by atoms with Gasteiger partial charge in [0, 0.05) is 5.41 Å². The topological polar surface area (TPSA) is 57.5 Å². The quantitative estimate of drug-likeness (QED) is 0.754. The summed E-state index contributed by atoms with van der Waals surface area (Å²) in [7, 11) is 0. The first-order valence-electron chi connectivity index (χ1n) is 7.19. The van der Waals surface area contributed by atoms with Crippen LogP contribution in [0, 0.1) is 28.6 Å². The fourth-order valence-electron chi connectivity index (χ4n) is 5.66. The fraction of sp³-hybridized carbons (Fsp3) is 0.933. The first-order valence-corrected chi connectivity index (χ1v) is 7.19. The summed E-state index contributed by atoms with van der Waals surface area (Å²) in [6.07, 6.45) is 4.42. The summed E-state index contributed by atoms with van der Waals surface area (Å²) in [5.74, 6) is -0.250. The molecule has 0 aromatic carbocycles. The van der Waals surface area contributed by atoms with E-state index < -0.39 is 11.6 Å². The molecule has 4 saturated carbocycles. The van der Waals surface area contributed by atoms with Gasteiger partial charge in [0.2, 0.25) is 0 Å². The number of hydrogen-bond acceptors (Lipinski definition) is 2. The summed E-state index contributed by atoms with van der Waals surface area (Å²) in [6, 6.07) is 0. The molecule has 4 aliphatic rings. The summed E-state index contributed by atoms with van der Waals surface area (Å²) in [6.45, 7) is 6.52. The average molecular weight is 252 g/mol. The number of fused-ring (bicyclic) bond motifs is 1. The second-order valence-corrected chi connectivity index (χ2v) is 7.56. The molecular weight excluding hydrogens is 228 g/mol. The van der Waals surface area contributed by atoms with Crippen molar-refractivity contribution >= 4 is 5.97 Å². The molecule has 2 N–H and O–H groups in total. The van der Waals surface area contributed by atoms with Gasteiger partial charge in [-0.2, -0.15) is 0 Å². The van der Waals surface area contributed by atoms with E-state index in [1.165, 1.54) is 0 Å². The molecule has 4 bridgehead atoms. The Labute approximate surface area is 109 Å². The number of carbonyl (C=O) groups is 1. The molecule has 0 aromatic heterocycles. The van der Waals surface area contributed by atoms with Crippen LogP contribution in [0.15, 0.2) is 0 Å². The van der Waals surface area contributed by atoms with E-state index in [-0.39, 0.29) is 22.7 Å². The Kier molecular flexibility index (Phi) is 2.28. The summed E-state index contributed by atoms with van der Waals surface area (Å²) in [5.41, 5.74) is -0.940. The highest BCUT2D eigenvalue weighted by Gasteiger charge is 2.71. The van der Waals surface area contributed by atoms with Crippen LogP contribution in [-0.2, 0) is 4.79 Å². The molecule has 4 fully saturated rings. The van der Waals surface area contributed by atoms with Crippen LogP contribution in [0.3, 0.4) is 0 Å². The van der Waals surface area contributed by atoms with Gasteiger partial charge in [-0.25, -0.2) is 0 Å². The van der Waals surface area contributed by atoms with Crippen LogP contribution >= 0.6 is 0 Å². The second kappa shape index (κ2) is 3.30. The highest BCUT2D eigenvalue weighted by Crippen LogP contribution is 2.71. The standard InChI is InChI=1S/C15H24O3/c1-13(2)9-4-6-14(3)11(8-9)10(12(16)17)5-7-15(13,14)18/h9-11,18H,4-8H2,1-3H3,(H,16,17)/t9-,10+,11+,14+,15-/m1/s1. The monoisotopic (exact) mass is 252 g/mol. The SMILES string of the molecule is CC1(C)[C@@H]2CC[C@@]3(C)[C@@H](C2)[C@@H](C(=O)O)CC[C@@]13O. The van der Waals surface area contributed by atoms with Crippen LogP contribution in [0.1, 0.15) is 52.9 Å². The molecule has 0 aliphatic heterocycles. The third-order valence-corrected chi connectivity index (χ3v) is 7.02. The highest BCUT2D eigenvalue weighted by molar-refractivity contribution is 5.71. The molecule has 0 radical (unpaired) electrons. The molecule has 0 unspecified atom stereocenters. The predicted octanol–water partition coefficient (Wildman–Crippen LogP) is 2.67. The Bertz CT molecular complexity index is 403. The van der Waals surface area contributed by atoms with E-state index in [0.29, 0.717) is 18.8 Å². The third-order valence-electron chi connectivity index (χ3n) is 7.02. The first kappa shape index (κ1) is 12.5. The maximum absolute atomic E-state index is 11.5. The normalized spacial score (nSPS) is 53.2. The van der Waals surface area contributed by atoms with E-state index in [2.05, 4.69) is 20.8 Å². The summed E-state index contributed by atoms with van der Waals surface area (Å²) < 4.78 is 0. The van der Waals surface area contributed by atoms with Crippen LogP contribution in [0.4, 0.5) is 0 Å². The van der Waals surface area contributed by atoms with Gasteiger partial charge in [0.1, 0.15) is 0 Å². The van der Waals surface area contributed by atoms with Gasteiger partial charge in [-0.05, 0) is 49.4 Å². The lowest BCUT2D eigenvalue weighted by atomic mass is 9.35. The first-order chi connectivity index (χ1) is 8.24. The Balaban J connectivity index is 2.09. The van der Waals surface area contributed by atoms with Crippen molar-refractivity contribution in [2.45, 2.75) is 58.5 Å². The second-order valence-electron chi connectivity index (χ2n) is 7.56. The molecule has 5 atom stereocenters. The fourth-order valence-corrected chi connectivity index (χ4v) is 5.66. The van der Waals surface area contributed by atoms with E-state index in [0.717, 1.165) is 19.3 Å². The van der Waals surface area contributed by atoms with Crippen LogP contribution < -0.4 is 0 Å². The molecule has 102 valence electrons. The van der Waals surface area contributed by atoms with Crippen LogP contribution in [0.2, 0.25) is 0 Å². The summed E-state index contributed by atoms with van der Waals surface area (Å²) in [4.78, 5) is 11.5. The molecule has 3 heteroatoms. The highest BCUT2D eigenvalue weighted by atomic mass is 16.4. The van der Waals surface area contributed by atoms with Gasteiger partial charge in [-0.3, -0.25) is 4.79 Å². The van der Waals surface area contributed by atoms with Crippen molar-refractivity contribution in [2.24, 2.45) is 28.6 Å². The number of carboxylic acid groups (broad SMARTS) is 1. The van der Waals surface area contributed by atoms with Crippen LogP contribution in [0.5, 0.6) is 0 Å². The maximum Gasteiger partial charge on any atom is 0.306 e. The van der Waals surface area contributed by atoms with Crippen LogP contribution in [-0.4, -0.2) is 21.8 Å². The number of carboxylic acids is 1. The lowest BCUT2D eigenvalue weighted by molar-refractivity contribution is -0.291. The Morgan fingerprint density at radius 2 is 1.83 bits per heavy atom. The molecule has 0 amide bonds. The number of hydrogen-bond donors (Lipinski definition) is 2. The summed E-state index contributed by atoms with van der Waals surface area (Å²) in [5, 5.41) is 20.7. The lowest BCUT2D eigenvalue weighted by Crippen LogP contribution is -2.72. The van der Waals surface area contributed by atoms with Crippen molar-refractivity contribution < 1.29 is 15.0 Å². The van der Waals surface area contributed by atoms with Gasteiger partial charge in [0.15, 0.2) is 0 Å². The Morgan fingerprint density at radius 1 is 1.17 bits per heavy atom. The van der Waals surface area contributed by atoms with Crippen LogP contribution in [0.25, 0.3) is 0 Å². The Morgan fingerprint density at radius 3 is 2.44 bits per heavy atom. The minimum absolute atomic E-state index is 0.0695. The summed E-state index contributed by atoms with van der Waals surface area (Å²) >= 11 is 0. The Hall–Kier alpha value is -0.570. The minimum Gasteiger partial charge on any atom is -0.481 e. The molecule has 0 spiro atoms. The zero-order valence-corrected chi connectivity index (χ0v) is 11.6. The van der Waals surface area contributed by atoms with Crippen molar-refractivity contribution in [3.8, 4) is 0 Å². The number of aliphatic carboxylic acids is 1. The number of aliphatic hydroxyl groups is 1. The van der Waals surface area contributed by atoms with E-state index in [1.807, 2.05) is 0 Å². The molecule has 0 heterocycles. The molecule has 18 heavy (non-hydrogen) atoms. The van der Waals surface area contributed by atoms with E-state index in [1.54, 1.807) is 0 Å². The van der Waals surface area contributed by atoms with E-state index in [4.69, 9.17) is 0 Å². The largest absolute Gasteiger partial charge is 0.481 e. The molecule has 0 saturated heterocycles. The van der Waals surface area contributed by atoms with Crippen molar-refractivity contribution in [1.29, 1.82) is 0 Å². The predicted molar refractivity (Wildman–Crippen MR) is 68.0 cm³/mol. The van der Waals surface area contributed by atoms with Gasteiger partial charge in [0.25, 0.3) is 0 Å². The molecule has 3 nitrogen and oxygen atoms in total. The molecular formula is C15H24O3. The zero-order chi connectivity index (χ0) is 13.3. The zero-order valence-electron chi connectivity index (χ0n) is 11.6. The minimum atomic E-state index is -0.669. The van der Waals surface area contributed by atoms with Gasteiger partial charge in [-0.1, -0.05) is 20.8 Å². The van der Waals surface area contributed by atoms with Crippen molar-refractivity contribution in [1.82, 2.24) is 0 Å². The lowest BCUT2D eigenvalue weighted by Gasteiger charge is -2.71. The third kappa shape index (κ3) is 1.13. The van der Waals surface area contributed by atoms with Crippen molar-refractivity contribution in [3.05, 3.63) is 0 Å². The maximum atomic E-state index is 11.5. The molecule has 4 rings (SSSR count). The smallest absolute Gasteiger partial charge is 0.306 e. The van der Waals surface area contributed by atoms with Gasteiger partial charge in [0.05, 0.1) is 11.5 Å².